The Bertz CT molecular complexity index is 782. The lowest BCUT2D eigenvalue weighted by molar-refractivity contribution is 0.235. The Hall–Kier alpha value is -2.03. The molecule has 7 heteroatoms. The third kappa shape index (κ3) is 5.06. The highest BCUT2D eigenvalue weighted by Gasteiger charge is 2.22. The van der Waals surface area contributed by atoms with Crippen LogP contribution in [0.2, 0.25) is 0 Å². The summed E-state index contributed by atoms with van der Waals surface area (Å²) in [6, 6.07) is 12.5. The van der Waals surface area contributed by atoms with Gasteiger partial charge in [0.05, 0.1) is 6.54 Å². The molecule has 2 N–H and O–H groups in total. The fourth-order valence-corrected chi connectivity index (χ4v) is 3.67. The van der Waals surface area contributed by atoms with Gasteiger partial charge < -0.3 is 20.3 Å². The van der Waals surface area contributed by atoms with Gasteiger partial charge in [0, 0.05) is 39.3 Å². The average Bonchev–Trinajstić information content (AvgIpc) is 3.38. The summed E-state index contributed by atoms with van der Waals surface area (Å²) < 4.78 is 5.98. The molecule has 2 aromatic rings. The fraction of sp³-hybridized carbons (Fsp3) is 0.429. The molecule has 6 nitrogen and oxygen atoms in total. The van der Waals surface area contributed by atoms with Crippen LogP contribution in [0.5, 0.6) is 5.75 Å². The van der Waals surface area contributed by atoms with Gasteiger partial charge in [0.25, 0.3) is 0 Å². The largest absolute Gasteiger partial charge is 0.488 e. The van der Waals surface area contributed by atoms with Gasteiger partial charge in [-0.05, 0) is 42.2 Å². The number of benzene rings is 1. The predicted octanol–water partition coefficient (Wildman–Crippen LogP) is 2.97. The molecule has 0 radical (unpaired) electrons. The molecule has 1 fully saturated rings. The number of hydrogen-bond donors (Lipinski definition) is 2. The molecule has 0 amide bonds. The number of aliphatic imine (C=N–C) groups is 1. The molecular formula is C21H28IN5O. The minimum atomic E-state index is 0. The Morgan fingerprint density at radius 2 is 2.04 bits per heavy atom. The smallest absolute Gasteiger partial charge is 0.191 e. The topological polar surface area (TPSA) is 61.8 Å². The van der Waals surface area contributed by atoms with Crippen LogP contribution in [0.3, 0.4) is 0 Å². The molecule has 1 atom stereocenters. The van der Waals surface area contributed by atoms with Crippen LogP contribution in [0.4, 0.5) is 5.82 Å². The normalized spacial score (nSPS) is 18.2. The SMILES string of the molecule is CN=C(NCc1ccnc(N2CCCC2)c1)NCC1Cc2ccccc2O1.I. The molecule has 2 aliphatic heterocycles. The van der Waals surface area contributed by atoms with E-state index in [0.717, 1.165) is 50.1 Å². The van der Waals surface area contributed by atoms with Gasteiger partial charge in [-0.2, -0.15) is 0 Å². The number of para-hydroxylation sites is 1. The lowest BCUT2D eigenvalue weighted by Gasteiger charge is -2.18. The quantitative estimate of drug-likeness (QED) is 0.381. The molecular weight excluding hydrogens is 465 g/mol. The molecule has 1 aromatic heterocycles. The molecule has 3 heterocycles. The molecule has 28 heavy (non-hydrogen) atoms. The van der Waals surface area contributed by atoms with Gasteiger partial charge in [-0.25, -0.2) is 4.98 Å². The van der Waals surface area contributed by atoms with E-state index in [4.69, 9.17) is 4.74 Å². The van der Waals surface area contributed by atoms with Gasteiger partial charge in [0.15, 0.2) is 5.96 Å². The molecule has 0 spiro atoms. The number of ether oxygens (including phenoxy) is 1. The van der Waals surface area contributed by atoms with E-state index in [9.17, 15) is 0 Å². The van der Waals surface area contributed by atoms with Gasteiger partial charge >= 0.3 is 0 Å². The van der Waals surface area contributed by atoms with E-state index in [0.29, 0.717) is 0 Å². The number of halogens is 1. The second kappa shape index (κ2) is 9.95. The minimum Gasteiger partial charge on any atom is -0.488 e. The first-order chi connectivity index (χ1) is 13.3. The number of nitrogens with one attached hydrogen (secondary N) is 2. The van der Waals surface area contributed by atoms with Gasteiger partial charge in [-0.1, -0.05) is 18.2 Å². The number of rotatable bonds is 5. The average molecular weight is 493 g/mol. The summed E-state index contributed by atoms with van der Waals surface area (Å²) in [6.45, 7) is 3.66. The maximum atomic E-state index is 5.98. The number of hydrogen-bond acceptors (Lipinski definition) is 4. The number of guanidine groups is 1. The summed E-state index contributed by atoms with van der Waals surface area (Å²) in [5.74, 6) is 2.86. The molecule has 0 aliphatic carbocycles. The van der Waals surface area contributed by atoms with Crippen molar-refractivity contribution < 1.29 is 4.74 Å². The van der Waals surface area contributed by atoms with Crippen LogP contribution in [-0.4, -0.2) is 43.7 Å². The monoisotopic (exact) mass is 493 g/mol. The van der Waals surface area contributed by atoms with E-state index in [-0.39, 0.29) is 30.1 Å². The zero-order valence-corrected chi connectivity index (χ0v) is 18.6. The van der Waals surface area contributed by atoms with Crippen LogP contribution in [0.15, 0.2) is 47.6 Å². The second-order valence-electron chi connectivity index (χ2n) is 7.07. The highest BCUT2D eigenvalue weighted by Crippen LogP contribution is 2.27. The summed E-state index contributed by atoms with van der Waals surface area (Å²) in [4.78, 5) is 11.2. The van der Waals surface area contributed by atoms with Crippen molar-refractivity contribution in [3.05, 3.63) is 53.7 Å². The molecule has 0 saturated carbocycles. The van der Waals surface area contributed by atoms with Gasteiger partial charge in [-0.15, -0.1) is 24.0 Å². The molecule has 2 aliphatic rings. The summed E-state index contributed by atoms with van der Waals surface area (Å²) in [6.07, 6.45) is 5.49. The Kier molecular flexibility index (Phi) is 7.36. The van der Waals surface area contributed by atoms with Crippen molar-refractivity contribution in [2.75, 3.05) is 31.6 Å². The molecule has 4 rings (SSSR count). The van der Waals surface area contributed by atoms with Crippen LogP contribution in [0, 0.1) is 0 Å². The number of aromatic nitrogens is 1. The Morgan fingerprint density at radius 1 is 1.21 bits per heavy atom. The van der Waals surface area contributed by atoms with Crippen LogP contribution < -0.4 is 20.3 Å². The zero-order chi connectivity index (χ0) is 18.5. The molecule has 1 unspecified atom stereocenters. The molecule has 0 bridgehead atoms. The first-order valence-electron chi connectivity index (χ1n) is 9.71. The van der Waals surface area contributed by atoms with E-state index in [2.05, 4.69) is 49.8 Å². The number of anilines is 1. The van der Waals surface area contributed by atoms with E-state index in [1.165, 1.54) is 24.0 Å². The van der Waals surface area contributed by atoms with Crippen molar-refractivity contribution in [2.24, 2.45) is 4.99 Å². The summed E-state index contributed by atoms with van der Waals surface area (Å²) >= 11 is 0. The van der Waals surface area contributed by atoms with Crippen LogP contribution in [0.25, 0.3) is 0 Å². The predicted molar refractivity (Wildman–Crippen MR) is 124 cm³/mol. The van der Waals surface area contributed by atoms with E-state index in [1.807, 2.05) is 18.3 Å². The number of fused-ring (bicyclic) bond motifs is 1. The second-order valence-corrected chi connectivity index (χ2v) is 7.07. The third-order valence-electron chi connectivity index (χ3n) is 5.13. The Labute approximate surface area is 183 Å². The highest BCUT2D eigenvalue weighted by atomic mass is 127. The van der Waals surface area contributed by atoms with Gasteiger partial charge in [-0.3, -0.25) is 4.99 Å². The maximum Gasteiger partial charge on any atom is 0.191 e. The van der Waals surface area contributed by atoms with Crippen molar-refractivity contribution in [3.63, 3.8) is 0 Å². The Morgan fingerprint density at radius 3 is 2.82 bits per heavy atom. The summed E-state index contributed by atoms with van der Waals surface area (Å²) in [5.41, 5.74) is 2.48. The zero-order valence-electron chi connectivity index (χ0n) is 16.2. The molecule has 1 aromatic carbocycles. The summed E-state index contributed by atoms with van der Waals surface area (Å²) in [7, 11) is 1.79. The maximum absolute atomic E-state index is 5.98. The van der Waals surface area contributed by atoms with Crippen LogP contribution >= 0.6 is 24.0 Å². The first kappa shape index (κ1) is 20.7. The van der Waals surface area contributed by atoms with Crippen LogP contribution in [0.1, 0.15) is 24.0 Å². The van der Waals surface area contributed by atoms with E-state index in [1.54, 1.807) is 7.05 Å². The lowest BCUT2D eigenvalue weighted by Crippen LogP contribution is -2.41. The molecule has 150 valence electrons. The van der Waals surface area contributed by atoms with Gasteiger partial charge in [0.2, 0.25) is 0 Å². The first-order valence-corrected chi connectivity index (χ1v) is 9.71. The van der Waals surface area contributed by atoms with Crippen molar-refractivity contribution in [1.82, 2.24) is 15.6 Å². The fourth-order valence-electron chi connectivity index (χ4n) is 3.67. The van der Waals surface area contributed by atoms with E-state index < -0.39 is 0 Å². The third-order valence-corrected chi connectivity index (χ3v) is 5.13. The number of pyridine rings is 1. The highest BCUT2D eigenvalue weighted by molar-refractivity contribution is 14.0. The number of nitrogens with zero attached hydrogens (tertiary/aromatic N) is 3. The van der Waals surface area contributed by atoms with E-state index >= 15 is 0 Å². The molecule has 1 saturated heterocycles. The van der Waals surface area contributed by atoms with Crippen molar-refractivity contribution in [3.8, 4) is 5.75 Å². The van der Waals surface area contributed by atoms with Gasteiger partial charge in [0.1, 0.15) is 17.7 Å². The van der Waals surface area contributed by atoms with Crippen molar-refractivity contribution in [2.45, 2.75) is 31.9 Å². The lowest BCUT2D eigenvalue weighted by atomic mass is 10.1. The standard InChI is InChI=1S/C21H27N5O.HI/c1-22-21(25-15-18-13-17-6-2-3-7-19(17)27-18)24-14-16-8-9-23-20(12-16)26-10-4-5-11-26;/h2-3,6-9,12,18H,4-5,10-11,13-15H2,1H3,(H2,22,24,25);1H. The summed E-state index contributed by atoms with van der Waals surface area (Å²) in [5, 5.41) is 6.76. The Balaban J connectivity index is 0.00000225. The van der Waals surface area contributed by atoms with Crippen LogP contribution in [-0.2, 0) is 13.0 Å². The van der Waals surface area contributed by atoms with Crippen molar-refractivity contribution >= 4 is 35.8 Å². The minimum absolute atomic E-state index is 0. The van der Waals surface area contributed by atoms with Crippen molar-refractivity contribution in [1.29, 1.82) is 0 Å².